The van der Waals surface area contributed by atoms with Gasteiger partial charge in [0.05, 0.1) is 18.4 Å². The Hall–Kier alpha value is -3.74. The normalized spacial score (nSPS) is 10.3. The van der Waals surface area contributed by atoms with Crippen LogP contribution >= 0.6 is 0 Å². The maximum absolute atomic E-state index is 12.6. The third-order valence-electron chi connectivity index (χ3n) is 4.37. The molecule has 0 atom stereocenters. The number of hydrogen-bond acceptors (Lipinski definition) is 6. The second kappa shape index (κ2) is 8.97. The molecule has 148 valence electrons. The van der Waals surface area contributed by atoms with E-state index in [0.717, 1.165) is 11.1 Å². The van der Waals surface area contributed by atoms with E-state index in [2.05, 4.69) is 20.6 Å². The highest BCUT2D eigenvalue weighted by atomic mass is 16.5. The predicted octanol–water partition coefficient (Wildman–Crippen LogP) is 3.55. The maximum Gasteiger partial charge on any atom is 0.339 e. The molecule has 29 heavy (non-hydrogen) atoms. The highest BCUT2D eigenvalue weighted by Gasteiger charge is 2.14. The highest BCUT2D eigenvalue weighted by molar-refractivity contribution is 5.96. The second-order valence-electron chi connectivity index (χ2n) is 6.49. The summed E-state index contributed by atoms with van der Waals surface area (Å²) in [6.07, 6.45) is 0. The Kier molecular flexibility index (Phi) is 6.19. The van der Waals surface area contributed by atoms with Crippen LogP contribution in [0, 0.1) is 13.8 Å². The van der Waals surface area contributed by atoms with E-state index in [1.165, 1.54) is 7.11 Å². The van der Waals surface area contributed by atoms with Gasteiger partial charge in [-0.3, -0.25) is 4.79 Å². The Bertz CT molecular complexity index is 1050. The number of benzene rings is 2. The van der Waals surface area contributed by atoms with Crippen molar-refractivity contribution in [2.75, 3.05) is 12.4 Å². The molecule has 0 aliphatic carbocycles. The fourth-order valence-corrected chi connectivity index (χ4v) is 2.82. The van der Waals surface area contributed by atoms with Crippen LogP contribution in [-0.4, -0.2) is 29.0 Å². The van der Waals surface area contributed by atoms with Gasteiger partial charge in [-0.25, -0.2) is 14.8 Å². The van der Waals surface area contributed by atoms with Gasteiger partial charge < -0.3 is 15.4 Å². The van der Waals surface area contributed by atoms with Crippen molar-refractivity contribution in [3.8, 4) is 0 Å². The summed E-state index contributed by atoms with van der Waals surface area (Å²) in [5, 5.41) is 5.89. The quantitative estimate of drug-likeness (QED) is 0.625. The van der Waals surface area contributed by atoms with Crippen LogP contribution in [-0.2, 0) is 11.3 Å². The van der Waals surface area contributed by atoms with Crippen molar-refractivity contribution >= 4 is 23.5 Å². The van der Waals surface area contributed by atoms with Crippen LogP contribution in [0.25, 0.3) is 0 Å². The third-order valence-corrected chi connectivity index (χ3v) is 4.37. The first-order valence-electron chi connectivity index (χ1n) is 9.10. The van der Waals surface area contributed by atoms with Crippen LogP contribution in [0.5, 0.6) is 0 Å². The number of hydrogen-bond donors (Lipinski definition) is 2. The van der Waals surface area contributed by atoms with Crippen molar-refractivity contribution in [1.82, 2.24) is 15.3 Å². The van der Waals surface area contributed by atoms with Gasteiger partial charge in [0.2, 0.25) is 5.95 Å². The van der Waals surface area contributed by atoms with E-state index in [1.54, 1.807) is 37.3 Å². The van der Waals surface area contributed by atoms with Gasteiger partial charge in [-0.1, -0.05) is 36.4 Å². The molecule has 0 radical (unpaired) electrons. The standard InChI is InChI=1S/C22H22N4O3/c1-14-8-4-5-9-16(14)13-23-20(27)19-12-15(2)24-22(26-19)25-18-11-7-6-10-17(18)21(28)29-3/h4-12H,13H2,1-3H3,(H,23,27)(H,24,25,26). The molecule has 1 amide bonds. The summed E-state index contributed by atoms with van der Waals surface area (Å²) in [6, 6.07) is 16.3. The number of aryl methyl sites for hydroxylation is 2. The number of nitrogens with zero attached hydrogens (tertiary/aromatic N) is 2. The van der Waals surface area contributed by atoms with E-state index in [9.17, 15) is 9.59 Å². The molecule has 0 saturated carbocycles. The van der Waals surface area contributed by atoms with E-state index in [-0.39, 0.29) is 17.5 Å². The molecule has 7 heteroatoms. The van der Waals surface area contributed by atoms with Gasteiger partial charge in [-0.15, -0.1) is 0 Å². The van der Waals surface area contributed by atoms with Crippen molar-refractivity contribution in [1.29, 1.82) is 0 Å². The summed E-state index contributed by atoms with van der Waals surface area (Å²) in [7, 11) is 1.32. The molecule has 1 heterocycles. The SMILES string of the molecule is COC(=O)c1ccccc1Nc1nc(C)cc(C(=O)NCc2ccccc2C)n1. The summed E-state index contributed by atoms with van der Waals surface area (Å²) in [4.78, 5) is 33.2. The summed E-state index contributed by atoms with van der Waals surface area (Å²) >= 11 is 0. The first kappa shape index (κ1) is 20.0. The van der Waals surface area contributed by atoms with E-state index < -0.39 is 5.97 Å². The molecule has 0 bridgehead atoms. The Morgan fingerprint density at radius 3 is 2.48 bits per heavy atom. The lowest BCUT2D eigenvalue weighted by Gasteiger charge is -2.12. The Balaban J connectivity index is 1.79. The van der Waals surface area contributed by atoms with Gasteiger partial charge in [0.25, 0.3) is 5.91 Å². The Morgan fingerprint density at radius 1 is 1.00 bits per heavy atom. The summed E-state index contributed by atoms with van der Waals surface area (Å²) in [6.45, 7) is 4.18. The number of rotatable bonds is 6. The fraction of sp³-hybridized carbons (Fsp3) is 0.182. The predicted molar refractivity (Wildman–Crippen MR) is 110 cm³/mol. The third kappa shape index (κ3) is 4.95. The van der Waals surface area contributed by atoms with Crippen molar-refractivity contribution in [2.45, 2.75) is 20.4 Å². The van der Waals surface area contributed by atoms with Gasteiger partial charge in [0, 0.05) is 12.2 Å². The number of para-hydroxylation sites is 1. The molecule has 7 nitrogen and oxygen atoms in total. The van der Waals surface area contributed by atoms with E-state index in [4.69, 9.17) is 4.74 Å². The maximum atomic E-state index is 12.6. The number of aromatic nitrogens is 2. The Labute approximate surface area is 169 Å². The number of ether oxygens (including phenoxy) is 1. The molecule has 0 aliphatic heterocycles. The van der Waals surface area contributed by atoms with Crippen molar-refractivity contribution < 1.29 is 14.3 Å². The minimum atomic E-state index is -0.475. The smallest absolute Gasteiger partial charge is 0.339 e. The summed E-state index contributed by atoms with van der Waals surface area (Å²) in [5.41, 5.74) is 3.86. The average Bonchev–Trinajstić information content (AvgIpc) is 2.72. The van der Waals surface area contributed by atoms with Crippen LogP contribution in [0.1, 0.15) is 37.7 Å². The van der Waals surface area contributed by atoms with Crippen molar-refractivity contribution in [2.24, 2.45) is 0 Å². The number of carbonyl (C=O) groups excluding carboxylic acids is 2. The van der Waals surface area contributed by atoms with Crippen molar-refractivity contribution in [3.63, 3.8) is 0 Å². The number of methoxy groups -OCH3 is 1. The minimum absolute atomic E-state index is 0.224. The Morgan fingerprint density at radius 2 is 1.72 bits per heavy atom. The molecule has 0 saturated heterocycles. The number of amides is 1. The van der Waals surface area contributed by atoms with Crippen LogP contribution in [0.3, 0.4) is 0 Å². The molecule has 0 spiro atoms. The summed E-state index contributed by atoms with van der Waals surface area (Å²) in [5.74, 6) is -0.553. The van der Waals surface area contributed by atoms with E-state index in [0.29, 0.717) is 23.5 Å². The first-order valence-corrected chi connectivity index (χ1v) is 9.10. The van der Waals surface area contributed by atoms with Crippen LogP contribution in [0.15, 0.2) is 54.6 Å². The molecule has 3 rings (SSSR count). The molecular weight excluding hydrogens is 368 g/mol. The molecule has 2 aromatic carbocycles. The van der Waals surface area contributed by atoms with Gasteiger partial charge in [0.15, 0.2) is 0 Å². The molecule has 0 fully saturated rings. The van der Waals surface area contributed by atoms with E-state index >= 15 is 0 Å². The molecule has 1 aromatic heterocycles. The zero-order chi connectivity index (χ0) is 20.8. The summed E-state index contributed by atoms with van der Waals surface area (Å²) < 4.78 is 4.80. The monoisotopic (exact) mass is 390 g/mol. The second-order valence-corrected chi connectivity index (χ2v) is 6.49. The largest absolute Gasteiger partial charge is 0.465 e. The molecule has 2 N–H and O–H groups in total. The van der Waals surface area contributed by atoms with Crippen LogP contribution in [0.4, 0.5) is 11.6 Å². The van der Waals surface area contributed by atoms with Crippen molar-refractivity contribution in [3.05, 3.63) is 82.7 Å². The number of esters is 1. The van der Waals surface area contributed by atoms with Gasteiger partial charge in [-0.2, -0.15) is 0 Å². The molecular formula is C22H22N4O3. The zero-order valence-electron chi connectivity index (χ0n) is 16.5. The number of anilines is 2. The lowest BCUT2D eigenvalue weighted by atomic mass is 10.1. The average molecular weight is 390 g/mol. The van der Waals surface area contributed by atoms with Crippen LogP contribution in [0.2, 0.25) is 0 Å². The first-order chi connectivity index (χ1) is 14.0. The molecule has 0 unspecified atom stereocenters. The van der Waals surface area contributed by atoms with E-state index in [1.807, 2.05) is 31.2 Å². The highest BCUT2D eigenvalue weighted by Crippen LogP contribution is 2.20. The number of nitrogens with one attached hydrogen (secondary N) is 2. The number of carbonyl (C=O) groups is 2. The lowest BCUT2D eigenvalue weighted by molar-refractivity contribution is 0.0601. The minimum Gasteiger partial charge on any atom is -0.465 e. The fourth-order valence-electron chi connectivity index (χ4n) is 2.82. The molecule has 0 aliphatic rings. The lowest BCUT2D eigenvalue weighted by Crippen LogP contribution is -2.24. The van der Waals surface area contributed by atoms with Gasteiger partial charge in [0.1, 0.15) is 5.69 Å². The topological polar surface area (TPSA) is 93.2 Å². The van der Waals surface area contributed by atoms with Gasteiger partial charge in [-0.05, 0) is 43.2 Å². The van der Waals surface area contributed by atoms with Crippen LogP contribution < -0.4 is 10.6 Å². The molecule has 3 aromatic rings. The zero-order valence-corrected chi connectivity index (χ0v) is 16.5. The van der Waals surface area contributed by atoms with Gasteiger partial charge >= 0.3 is 5.97 Å².